The van der Waals surface area contributed by atoms with Gasteiger partial charge in [-0.3, -0.25) is 4.79 Å². The van der Waals surface area contributed by atoms with Crippen molar-refractivity contribution >= 4 is 33.8 Å². The summed E-state index contributed by atoms with van der Waals surface area (Å²) >= 11 is 7.26. The fourth-order valence-electron chi connectivity index (χ4n) is 2.33. The Morgan fingerprint density at radius 3 is 2.77 bits per heavy atom. The minimum Gasteiger partial charge on any atom is -0.339 e. The number of rotatable bonds is 5. The largest absolute Gasteiger partial charge is 0.339 e. The number of thiophene rings is 1. The second kappa shape index (κ2) is 7.68. The van der Waals surface area contributed by atoms with E-state index >= 15 is 0 Å². The van der Waals surface area contributed by atoms with Crippen LogP contribution in [0, 0.1) is 25.2 Å². The van der Waals surface area contributed by atoms with E-state index in [0.717, 1.165) is 16.0 Å². The number of aromatic nitrogens is 2. The summed E-state index contributed by atoms with van der Waals surface area (Å²) in [5.74, 6) is 0.631. The molecule has 0 fully saturated rings. The van der Waals surface area contributed by atoms with Gasteiger partial charge in [0.2, 0.25) is 17.6 Å². The number of nitrogens with one attached hydrogen (secondary N) is 1. The number of carbonyl (C=O) groups is 1. The van der Waals surface area contributed by atoms with Crippen LogP contribution in [0.1, 0.15) is 28.3 Å². The number of halogens is 1. The normalized spacial score (nSPS) is 10.5. The first-order valence-corrected chi connectivity index (χ1v) is 9.06. The highest BCUT2D eigenvalue weighted by atomic mass is 35.5. The van der Waals surface area contributed by atoms with Crippen molar-refractivity contribution in [1.29, 1.82) is 5.26 Å². The van der Waals surface area contributed by atoms with Gasteiger partial charge in [-0.25, -0.2) is 0 Å². The van der Waals surface area contributed by atoms with Gasteiger partial charge in [0.05, 0.1) is 5.56 Å². The van der Waals surface area contributed by atoms with Gasteiger partial charge in [0, 0.05) is 28.3 Å². The number of carbonyl (C=O) groups excluding carboxylic acids is 1. The van der Waals surface area contributed by atoms with Gasteiger partial charge in [0.15, 0.2) is 0 Å². The minimum absolute atomic E-state index is 0.184. The van der Waals surface area contributed by atoms with E-state index in [-0.39, 0.29) is 12.3 Å². The molecule has 3 rings (SSSR count). The monoisotopic (exact) mass is 386 g/mol. The molecule has 0 radical (unpaired) electrons. The molecule has 0 aliphatic carbocycles. The molecule has 3 aromatic rings. The molecular weight excluding hydrogens is 372 g/mol. The third-order valence-electron chi connectivity index (χ3n) is 3.89. The van der Waals surface area contributed by atoms with E-state index in [9.17, 15) is 10.1 Å². The Labute approximate surface area is 159 Å². The molecule has 0 atom stereocenters. The third-order valence-corrected chi connectivity index (χ3v) is 5.26. The molecule has 0 aliphatic rings. The highest BCUT2D eigenvalue weighted by Gasteiger charge is 2.16. The van der Waals surface area contributed by atoms with Crippen molar-refractivity contribution in [2.75, 3.05) is 5.32 Å². The Morgan fingerprint density at radius 2 is 2.08 bits per heavy atom. The van der Waals surface area contributed by atoms with Crippen molar-refractivity contribution in [2.45, 2.75) is 26.7 Å². The van der Waals surface area contributed by atoms with Gasteiger partial charge in [-0.1, -0.05) is 16.8 Å². The average Bonchev–Trinajstić information content (AvgIpc) is 3.19. The molecule has 8 heteroatoms. The van der Waals surface area contributed by atoms with E-state index in [2.05, 4.69) is 21.5 Å². The molecular formula is C18H15ClN4O2S. The van der Waals surface area contributed by atoms with Gasteiger partial charge < -0.3 is 9.84 Å². The Kier molecular flexibility index (Phi) is 5.35. The van der Waals surface area contributed by atoms with E-state index in [1.165, 1.54) is 11.3 Å². The first-order chi connectivity index (χ1) is 12.5. The maximum absolute atomic E-state index is 12.2. The SMILES string of the molecule is Cc1sc(NC(=O)CCc2nc(-c3ccc(Cl)cc3)no2)c(C#N)c1C. The summed E-state index contributed by atoms with van der Waals surface area (Å²) in [4.78, 5) is 17.5. The summed E-state index contributed by atoms with van der Waals surface area (Å²) < 4.78 is 5.19. The highest BCUT2D eigenvalue weighted by molar-refractivity contribution is 7.16. The number of nitriles is 1. The molecule has 0 bridgehead atoms. The lowest BCUT2D eigenvalue weighted by Gasteiger charge is -2.01. The quantitative estimate of drug-likeness (QED) is 0.696. The van der Waals surface area contributed by atoms with Gasteiger partial charge in [-0.05, 0) is 43.7 Å². The number of benzene rings is 1. The fourth-order valence-corrected chi connectivity index (χ4v) is 3.48. The Morgan fingerprint density at radius 1 is 1.35 bits per heavy atom. The van der Waals surface area contributed by atoms with Gasteiger partial charge in [0.1, 0.15) is 11.1 Å². The second-order valence-electron chi connectivity index (χ2n) is 5.67. The third kappa shape index (κ3) is 3.93. The van der Waals surface area contributed by atoms with Crippen LogP contribution in [0.15, 0.2) is 28.8 Å². The second-order valence-corrected chi connectivity index (χ2v) is 7.33. The Balaban J connectivity index is 1.61. The van der Waals surface area contributed by atoms with E-state index in [1.54, 1.807) is 24.3 Å². The molecule has 0 unspecified atom stereocenters. The van der Waals surface area contributed by atoms with Crippen LogP contribution in [0.5, 0.6) is 0 Å². The fraction of sp³-hybridized carbons (Fsp3) is 0.222. The zero-order chi connectivity index (χ0) is 18.7. The first-order valence-electron chi connectivity index (χ1n) is 7.86. The Bertz CT molecular complexity index is 986. The Hall–Kier alpha value is -2.69. The summed E-state index contributed by atoms with van der Waals surface area (Å²) in [6.07, 6.45) is 0.501. The number of hydrogen-bond acceptors (Lipinski definition) is 6. The van der Waals surface area contributed by atoms with Crippen molar-refractivity contribution in [2.24, 2.45) is 0 Å². The predicted molar refractivity (Wildman–Crippen MR) is 100 cm³/mol. The van der Waals surface area contributed by atoms with Crippen LogP contribution in [0.25, 0.3) is 11.4 Å². The van der Waals surface area contributed by atoms with E-state index in [1.807, 2.05) is 13.8 Å². The summed E-state index contributed by atoms with van der Waals surface area (Å²) in [6.45, 7) is 3.80. The molecule has 1 aromatic carbocycles. The van der Waals surface area contributed by atoms with Crippen LogP contribution in [0.4, 0.5) is 5.00 Å². The number of aryl methyl sites for hydroxylation is 2. The zero-order valence-electron chi connectivity index (χ0n) is 14.2. The lowest BCUT2D eigenvalue weighted by Crippen LogP contribution is -2.12. The molecule has 6 nitrogen and oxygen atoms in total. The van der Waals surface area contributed by atoms with Crippen molar-refractivity contribution in [1.82, 2.24) is 10.1 Å². The van der Waals surface area contributed by atoms with E-state index < -0.39 is 0 Å². The molecule has 2 heterocycles. The average molecular weight is 387 g/mol. The number of nitrogens with zero attached hydrogens (tertiary/aromatic N) is 3. The molecule has 1 N–H and O–H groups in total. The van der Waals surface area contributed by atoms with Gasteiger partial charge in [0.25, 0.3) is 0 Å². The molecule has 0 saturated heterocycles. The van der Waals surface area contributed by atoms with Crippen molar-refractivity contribution in [3.63, 3.8) is 0 Å². The van der Waals surface area contributed by atoms with Crippen molar-refractivity contribution in [3.05, 3.63) is 51.2 Å². The van der Waals surface area contributed by atoms with Gasteiger partial charge in [-0.2, -0.15) is 10.2 Å². The molecule has 0 aliphatic heterocycles. The maximum Gasteiger partial charge on any atom is 0.227 e. The van der Waals surface area contributed by atoms with Crippen molar-refractivity contribution < 1.29 is 9.32 Å². The van der Waals surface area contributed by atoms with E-state index in [4.69, 9.17) is 16.1 Å². The standard InChI is InChI=1S/C18H15ClN4O2S/c1-10-11(2)26-18(14(10)9-20)21-15(24)7-8-16-22-17(23-25-16)12-3-5-13(19)6-4-12/h3-6H,7-8H2,1-2H3,(H,21,24). The van der Waals surface area contributed by atoms with Gasteiger partial charge >= 0.3 is 0 Å². The highest BCUT2D eigenvalue weighted by Crippen LogP contribution is 2.31. The summed E-state index contributed by atoms with van der Waals surface area (Å²) in [6, 6.07) is 9.23. The lowest BCUT2D eigenvalue weighted by atomic mass is 10.2. The minimum atomic E-state index is -0.200. The smallest absolute Gasteiger partial charge is 0.227 e. The van der Waals surface area contributed by atoms with Crippen LogP contribution in [-0.4, -0.2) is 16.0 Å². The van der Waals surface area contributed by atoms with Crippen LogP contribution >= 0.6 is 22.9 Å². The molecule has 2 aromatic heterocycles. The molecule has 26 heavy (non-hydrogen) atoms. The summed E-state index contributed by atoms with van der Waals surface area (Å²) in [5.41, 5.74) is 2.21. The molecule has 0 saturated carbocycles. The predicted octanol–water partition coefficient (Wildman–Crippen LogP) is 4.51. The van der Waals surface area contributed by atoms with Crippen molar-refractivity contribution in [3.8, 4) is 17.5 Å². The van der Waals surface area contributed by atoms with E-state index in [0.29, 0.717) is 33.7 Å². The topological polar surface area (TPSA) is 91.8 Å². The molecule has 132 valence electrons. The van der Waals surface area contributed by atoms with Crippen LogP contribution in [0.3, 0.4) is 0 Å². The summed E-state index contributed by atoms with van der Waals surface area (Å²) in [7, 11) is 0. The maximum atomic E-state index is 12.2. The lowest BCUT2D eigenvalue weighted by molar-refractivity contribution is -0.116. The zero-order valence-corrected chi connectivity index (χ0v) is 15.7. The number of hydrogen-bond donors (Lipinski definition) is 1. The van der Waals surface area contributed by atoms with Gasteiger partial charge in [-0.15, -0.1) is 11.3 Å². The summed E-state index contributed by atoms with van der Waals surface area (Å²) in [5, 5.41) is 17.1. The first kappa shape index (κ1) is 18.1. The molecule has 0 spiro atoms. The van der Waals surface area contributed by atoms with Crippen LogP contribution in [0.2, 0.25) is 5.02 Å². The van der Waals surface area contributed by atoms with Crippen LogP contribution in [-0.2, 0) is 11.2 Å². The molecule has 1 amide bonds. The van der Waals surface area contributed by atoms with Crippen LogP contribution < -0.4 is 5.32 Å². The number of anilines is 1. The number of amides is 1.